The number of alkyl halides is 3. The van der Waals surface area contributed by atoms with Crippen molar-refractivity contribution in [1.82, 2.24) is 0 Å². The van der Waals surface area contributed by atoms with Gasteiger partial charge in [0.1, 0.15) is 11.5 Å². The average molecular weight is 417 g/mol. The van der Waals surface area contributed by atoms with Crippen molar-refractivity contribution < 1.29 is 26.7 Å². The molecule has 5 nitrogen and oxygen atoms in total. The number of anilines is 2. The summed E-state index contributed by atoms with van der Waals surface area (Å²) in [6, 6.07) is 18.1. The Balaban J connectivity index is 1.94. The molecule has 0 aliphatic rings. The van der Waals surface area contributed by atoms with Gasteiger partial charge in [0.15, 0.2) is 0 Å². The molecule has 3 rings (SSSR count). The Morgan fingerprint density at radius 3 is 2.14 bits per heavy atom. The summed E-state index contributed by atoms with van der Waals surface area (Å²) < 4.78 is 68.9. The van der Waals surface area contributed by atoms with E-state index in [0.29, 0.717) is 11.3 Å². The second-order valence-corrected chi connectivity index (χ2v) is 6.59. The molecule has 29 heavy (non-hydrogen) atoms. The second kappa shape index (κ2) is 8.34. The van der Waals surface area contributed by atoms with Crippen LogP contribution in [0.4, 0.5) is 24.5 Å². The van der Waals surface area contributed by atoms with Gasteiger partial charge >= 0.3 is 6.18 Å². The zero-order valence-corrected chi connectivity index (χ0v) is 15.4. The molecule has 0 aliphatic heterocycles. The van der Waals surface area contributed by atoms with Crippen molar-refractivity contribution in [2.75, 3.05) is 4.31 Å². The van der Waals surface area contributed by atoms with Crippen molar-refractivity contribution in [3.8, 4) is 17.6 Å². The van der Waals surface area contributed by atoms with Crippen LogP contribution in [0.3, 0.4) is 0 Å². The van der Waals surface area contributed by atoms with Gasteiger partial charge in [-0.3, -0.25) is 8.51 Å². The van der Waals surface area contributed by atoms with Crippen LogP contribution in [0.1, 0.15) is 11.1 Å². The van der Waals surface area contributed by atoms with Crippen LogP contribution in [0.5, 0.6) is 11.5 Å². The maximum absolute atomic E-state index is 13.0. The van der Waals surface area contributed by atoms with Crippen molar-refractivity contribution in [3.63, 3.8) is 0 Å². The molecule has 1 unspecified atom stereocenters. The normalized spacial score (nSPS) is 12.1. The van der Waals surface area contributed by atoms with Crippen LogP contribution < -0.4 is 9.04 Å². The van der Waals surface area contributed by atoms with E-state index in [0.717, 1.165) is 22.5 Å². The smallest absolute Gasteiger partial charge is 0.416 e. The Morgan fingerprint density at radius 2 is 1.55 bits per heavy atom. The molecule has 0 saturated heterocycles. The van der Waals surface area contributed by atoms with Gasteiger partial charge in [0.25, 0.3) is 0 Å². The van der Waals surface area contributed by atoms with E-state index < -0.39 is 23.0 Å². The van der Waals surface area contributed by atoms with E-state index in [-0.39, 0.29) is 17.1 Å². The third-order valence-corrected chi connectivity index (χ3v) is 4.55. The van der Waals surface area contributed by atoms with Gasteiger partial charge in [0.05, 0.1) is 39.8 Å². The molecule has 1 atom stereocenters. The van der Waals surface area contributed by atoms with E-state index in [4.69, 9.17) is 10.00 Å². The molecule has 3 aromatic rings. The fraction of sp³-hybridized carbons (Fsp3) is 0.0500. The van der Waals surface area contributed by atoms with E-state index in [2.05, 4.69) is 0 Å². The number of nitrogens with zero attached hydrogens (tertiary/aromatic N) is 2. The lowest BCUT2D eigenvalue weighted by molar-refractivity contribution is -0.137. The van der Waals surface area contributed by atoms with Crippen LogP contribution in [0.25, 0.3) is 0 Å². The van der Waals surface area contributed by atoms with E-state index in [1.54, 1.807) is 30.3 Å². The Morgan fingerprint density at radius 1 is 0.931 bits per heavy atom. The Bertz CT molecular complexity index is 1080. The van der Waals surface area contributed by atoms with Gasteiger partial charge in [0.2, 0.25) is 0 Å². The van der Waals surface area contributed by atoms with Gasteiger partial charge in [-0.25, -0.2) is 0 Å². The number of nitriles is 1. The summed E-state index contributed by atoms with van der Waals surface area (Å²) in [6.45, 7) is 0. The number of hydrogen-bond acceptors (Lipinski definition) is 4. The molecule has 0 N–H and O–H groups in total. The molecule has 0 saturated carbocycles. The largest absolute Gasteiger partial charge is 0.755 e. The lowest BCUT2D eigenvalue weighted by Crippen LogP contribution is -2.20. The Kier molecular flexibility index (Phi) is 5.87. The molecule has 0 spiro atoms. The predicted octanol–water partition coefficient (Wildman–Crippen LogP) is 5.30. The molecule has 3 aromatic carbocycles. The summed E-state index contributed by atoms with van der Waals surface area (Å²) in [6.07, 6.45) is -4.60. The summed E-state index contributed by atoms with van der Waals surface area (Å²) >= 11 is -2.88. The van der Waals surface area contributed by atoms with Gasteiger partial charge in [-0.1, -0.05) is 12.1 Å². The van der Waals surface area contributed by atoms with Crippen molar-refractivity contribution in [2.24, 2.45) is 0 Å². The van der Waals surface area contributed by atoms with Crippen LogP contribution in [-0.4, -0.2) is 8.76 Å². The minimum absolute atomic E-state index is 0.101. The number of ether oxygens (including phenoxy) is 1. The van der Waals surface area contributed by atoms with Crippen LogP contribution in [0.2, 0.25) is 0 Å². The maximum atomic E-state index is 13.0. The van der Waals surface area contributed by atoms with Gasteiger partial charge in [0, 0.05) is 6.07 Å². The SMILES string of the molecule is N#Cc1ccc(Oc2cccc(N(c3cccc(C(F)(F)F)c3)S(=O)[O-])c2)cc1. The highest BCUT2D eigenvalue weighted by atomic mass is 32.2. The molecule has 0 fully saturated rings. The minimum atomic E-state index is -4.60. The summed E-state index contributed by atoms with van der Waals surface area (Å²) in [4.78, 5) is 0. The standard InChI is InChI=1S/C20H13F3N2O3S/c21-20(22,23)15-3-1-4-16(11-15)25(29(26)27)17-5-2-6-19(12-17)28-18-9-7-14(13-24)8-10-18/h1-12H,(H,26,27)/p-1. The molecular formula is C20H12F3N2O3S-. The summed E-state index contributed by atoms with van der Waals surface area (Å²) in [5, 5.41) is 8.82. The zero-order valence-electron chi connectivity index (χ0n) is 14.6. The van der Waals surface area contributed by atoms with Gasteiger partial charge in [-0.15, -0.1) is 0 Å². The second-order valence-electron chi connectivity index (χ2n) is 5.80. The van der Waals surface area contributed by atoms with Crippen molar-refractivity contribution in [3.05, 3.63) is 83.9 Å². The fourth-order valence-corrected chi connectivity index (χ4v) is 3.11. The van der Waals surface area contributed by atoms with Gasteiger partial charge in [-0.05, 0) is 54.6 Å². The molecular weight excluding hydrogens is 405 g/mol. The topological polar surface area (TPSA) is 76.4 Å². The number of halogens is 3. The first-order valence-electron chi connectivity index (χ1n) is 8.13. The van der Waals surface area contributed by atoms with Crippen LogP contribution >= 0.6 is 0 Å². The highest BCUT2D eigenvalue weighted by Gasteiger charge is 2.31. The molecule has 0 aromatic heterocycles. The van der Waals surface area contributed by atoms with Gasteiger partial charge in [-0.2, -0.15) is 18.4 Å². The molecule has 9 heteroatoms. The van der Waals surface area contributed by atoms with E-state index in [1.165, 1.54) is 24.3 Å². The Hall–Kier alpha value is -3.35. The molecule has 0 heterocycles. The number of hydrogen-bond donors (Lipinski definition) is 0. The summed E-state index contributed by atoms with van der Waals surface area (Å²) in [5.41, 5.74) is -0.577. The third kappa shape index (κ3) is 4.93. The van der Waals surface area contributed by atoms with E-state index >= 15 is 0 Å². The molecule has 0 bridgehead atoms. The average Bonchev–Trinajstić information content (AvgIpc) is 2.68. The molecule has 0 radical (unpaired) electrons. The lowest BCUT2D eigenvalue weighted by atomic mass is 10.2. The first kappa shape index (κ1) is 20.4. The van der Waals surface area contributed by atoms with Crippen LogP contribution in [0.15, 0.2) is 72.8 Å². The van der Waals surface area contributed by atoms with Crippen molar-refractivity contribution in [1.29, 1.82) is 5.26 Å². The zero-order chi connectivity index (χ0) is 21.0. The maximum Gasteiger partial charge on any atom is 0.416 e. The monoisotopic (exact) mass is 417 g/mol. The quantitative estimate of drug-likeness (QED) is 0.528. The third-order valence-electron chi connectivity index (χ3n) is 3.83. The number of rotatable bonds is 5. The first-order valence-corrected chi connectivity index (χ1v) is 9.16. The van der Waals surface area contributed by atoms with E-state index in [1.807, 2.05) is 6.07 Å². The molecule has 0 amide bonds. The predicted molar refractivity (Wildman–Crippen MR) is 100 cm³/mol. The summed E-state index contributed by atoms with van der Waals surface area (Å²) in [5.74, 6) is 0.685. The van der Waals surface area contributed by atoms with E-state index in [9.17, 15) is 21.9 Å². The van der Waals surface area contributed by atoms with Crippen molar-refractivity contribution in [2.45, 2.75) is 6.18 Å². The fourth-order valence-electron chi connectivity index (χ4n) is 2.54. The Labute approximate surface area is 167 Å². The molecule has 148 valence electrons. The number of benzene rings is 3. The highest BCUT2D eigenvalue weighted by molar-refractivity contribution is 7.81. The van der Waals surface area contributed by atoms with Crippen LogP contribution in [0, 0.1) is 11.3 Å². The minimum Gasteiger partial charge on any atom is -0.755 e. The van der Waals surface area contributed by atoms with Gasteiger partial charge < -0.3 is 9.29 Å². The highest BCUT2D eigenvalue weighted by Crippen LogP contribution is 2.35. The molecule has 0 aliphatic carbocycles. The lowest BCUT2D eigenvalue weighted by Gasteiger charge is -2.27. The van der Waals surface area contributed by atoms with Crippen LogP contribution in [-0.2, 0) is 17.4 Å². The summed E-state index contributed by atoms with van der Waals surface area (Å²) in [7, 11) is 0. The first-order chi connectivity index (χ1) is 13.8. The van der Waals surface area contributed by atoms with Crippen molar-refractivity contribution >= 4 is 22.6 Å².